The first-order valence-corrected chi connectivity index (χ1v) is 19.6. The van der Waals surface area contributed by atoms with Crippen molar-refractivity contribution in [2.45, 2.75) is 20.1 Å². The van der Waals surface area contributed by atoms with Crippen LogP contribution in [0.3, 0.4) is 0 Å². The van der Waals surface area contributed by atoms with Crippen LogP contribution in [0.2, 0.25) is 0 Å². The van der Waals surface area contributed by atoms with Crippen LogP contribution in [-0.4, -0.2) is 14.5 Å². The van der Waals surface area contributed by atoms with E-state index in [0.717, 1.165) is 71.7 Å². The molecule has 58 heavy (non-hydrogen) atoms. The Hall–Kier alpha value is -6.23. The van der Waals surface area contributed by atoms with Crippen LogP contribution < -0.4 is 0 Å². The van der Waals surface area contributed by atoms with Crippen LogP contribution in [0.5, 0.6) is 0 Å². The summed E-state index contributed by atoms with van der Waals surface area (Å²) >= 11 is 1.54. The summed E-state index contributed by atoms with van der Waals surface area (Å²) in [5.74, 6) is 0.781. The number of nitrogens with zero attached hydrogens (tertiary/aromatic N) is 3. The Kier molecular flexibility index (Phi) is 9.90. The SMILES string of the molecule is [2H]C([2H])([2H])c1ccc(-c2[c-]cccc2)nc1.[2H]C([2H])(c1ccccc1)c1ccc2s[c-]c(-c3nc4ccccc4n3-c3c(-c4ccccc4)cc(C)cc3-c3ccccc3)c2c1.[Ir]. The molecule has 0 saturated heterocycles. The molecule has 0 atom stereocenters. The topological polar surface area (TPSA) is 30.7 Å². The Bertz CT molecular complexity index is 3070. The van der Waals surface area contributed by atoms with E-state index in [1.165, 1.54) is 11.8 Å². The predicted octanol–water partition coefficient (Wildman–Crippen LogP) is 13.8. The summed E-state index contributed by atoms with van der Waals surface area (Å²) < 4.78 is 43.2. The summed E-state index contributed by atoms with van der Waals surface area (Å²) in [5, 5.41) is 4.52. The first kappa shape index (κ1) is 32.8. The number of rotatable bonds is 7. The predicted molar refractivity (Wildman–Crippen MR) is 239 cm³/mol. The van der Waals surface area contributed by atoms with Gasteiger partial charge in [-0.15, -0.1) is 47.3 Å². The van der Waals surface area contributed by atoms with E-state index in [1.807, 2.05) is 84.9 Å². The summed E-state index contributed by atoms with van der Waals surface area (Å²) in [6.45, 7) is 0.0594. The van der Waals surface area contributed by atoms with E-state index < -0.39 is 13.2 Å². The molecule has 0 spiro atoms. The number of aromatic nitrogens is 3. The van der Waals surface area contributed by atoms with Gasteiger partial charge in [-0.3, -0.25) is 16.3 Å². The van der Waals surface area contributed by atoms with Gasteiger partial charge in [-0.2, -0.15) is 0 Å². The van der Waals surface area contributed by atoms with Gasteiger partial charge in [-0.05, 0) is 77.9 Å². The molecule has 5 heteroatoms. The van der Waals surface area contributed by atoms with Crippen molar-refractivity contribution in [3.8, 4) is 50.6 Å². The molecular formula is C53H39IrN3S-2. The first-order valence-electron chi connectivity index (χ1n) is 21.2. The number of hydrogen-bond donors (Lipinski definition) is 0. The smallest absolute Gasteiger partial charge is 0.0774 e. The second-order valence-corrected chi connectivity index (χ2v) is 14.5. The minimum Gasteiger partial charge on any atom is -0.332 e. The number of imidazole rings is 1. The molecule has 0 saturated carbocycles. The average molecular weight is 947 g/mol. The molecule has 7 aromatic carbocycles. The van der Waals surface area contributed by atoms with Crippen LogP contribution in [0.25, 0.3) is 71.7 Å². The van der Waals surface area contributed by atoms with Gasteiger partial charge < -0.3 is 9.55 Å². The largest absolute Gasteiger partial charge is 0.332 e. The van der Waals surface area contributed by atoms with E-state index in [-0.39, 0.29) is 25.7 Å². The molecule has 0 fully saturated rings. The van der Waals surface area contributed by atoms with Crippen molar-refractivity contribution in [2.75, 3.05) is 0 Å². The van der Waals surface area contributed by atoms with Gasteiger partial charge in [0.2, 0.25) is 0 Å². The van der Waals surface area contributed by atoms with Gasteiger partial charge in [-0.25, -0.2) is 0 Å². The van der Waals surface area contributed by atoms with E-state index in [2.05, 4.69) is 107 Å². The van der Waals surface area contributed by atoms with Gasteiger partial charge in [0.15, 0.2) is 0 Å². The quantitative estimate of drug-likeness (QED) is 0.149. The maximum Gasteiger partial charge on any atom is 0.0774 e. The van der Waals surface area contributed by atoms with Crippen LogP contribution in [0.1, 0.15) is 29.1 Å². The number of fused-ring (bicyclic) bond motifs is 2. The molecule has 0 bridgehead atoms. The molecule has 0 amide bonds. The van der Waals surface area contributed by atoms with Gasteiger partial charge in [0, 0.05) is 44.3 Å². The van der Waals surface area contributed by atoms with E-state index >= 15 is 0 Å². The number of aryl methyl sites for hydroxylation is 2. The van der Waals surface area contributed by atoms with Crippen LogP contribution in [-0.2, 0) is 26.5 Å². The number of thiophene rings is 1. The third kappa shape index (κ3) is 8.12. The first-order chi connectivity index (χ1) is 30.1. The minimum atomic E-state index is -2.09. The number of para-hydroxylation sites is 2. The van der Waals surface area contributed by atoms with Gasteiger partial charge in [0.1, 0.15) is 0 Å². The van der Waals surface area contributed by atoms with Crippen LogP contribution in [0.15, 0.2) is 188 Å². The molecule has 10 aromatic rings. The monoisotopic (exact) mass is 947 g/mol. The number of hydrogen-bond acceptors (Lipinski definition) is 3. The van der Waals surface area contributed by atoms with Crippen molar-refractivity contribution >= 4 is 32.5 Å². The van der Waals surface area contributed by atoms with Crippen molar-refractivity contribution in [3.63, 3.8) is 0 Å². The van der Waals surface area contributed by atoms with Crippen molar-refractivity contribution in [3.05, 3.63) is 222 Å². The third-order valence-corrected chi connectivity index (χ3v) is 10.6. The van der Waals surface area contributed by atoms with Gasteiger partial charge >= 0.3 is 0 Å². The van der Waals surface area contributed by atoms with Gasteiger partial charge in [0.05, 0.1) is 22.5 Å². The van der Waals surface area contributed by atoms with Crippen molar-refractivity contribution < 1.29 is 27.0 Å². The Labute approximate surface area is 364 Å². The number of pyridine rings is 1. The molecule has 10 rings (SSSR count). The third-order valence-electron chi connectivity index (χ3n) is 9.75. The fourth-order valence-electron chi connectivity index (χ4n) is 7.13. The Morgan fingerprint density at radius 2 is 1.34 bits per heavy atom. The van der Waals surface area contributed by atoms with Crippen LogP contribution >= 0.6 is 11.3 Å². The van der Waals surface area contributed by atoms with E-state index in [4.69, 9.17) is 11.8 Å². The fraction of sp³-hybridized carbons (Fsp3) is 0.0566. The summed E-state index contributed by atoms with van der Waals surface area (Å²) in [6.07, 6.45) is -0.268. The Morgan fingerprint density at radius 1 is 0.672 bits per heavy atom. The zero-order valence-electron chi connectivity index (χ0n) is 36.5. The summed E-state index contributed by atoms with van der Waals surface area (Å²) in [6, 6.07) is 62.9. The molecule has 283 valence electrons. The zero-order chi connectivity index (χ0) is 42.8. The van der Waals surface area contributed by atoms with E-state index in [0.29, 0.717) is 11.1 Å². The molecule has 3 heterocycles. The molecule has 0 unspecified atom stereocenters. The molecule has 0 N–H and O–H groups in total. The maximum absolute atomic E-state index is 9.08. The molecule has 3 nitrogen and oxygen atoms in total. The fourth-order valence-corrected chi connectivity index (χ4v) is 7.95. The average Bonchev–Trinajstić information content (AvgIpc) is 3.91. The van der Waals surface area contributed by atoms with Crippen molar-refractivity contribution in [2.24, 2.45) is 0 Å². The second kappa shape index (κ2) is 17.5. The van der Waals surface area contributed by atoms with Crippen LogP contribution in [0, 0.1) is 25.2 Å². The Balaban J connectivity index is 0.000000271. The summed E-state index contributed by atoms with van der Waals surface area (Å²) in [5.41, 5.74) is 12.5. The molecular weight excluding hydrogens is 903 g/mol. The normalized spacial score (nSPS) is 12.6. The second-order valence-electron chi connectivity index (χ2n) is 13.7. The van der Waals surface area contributed by atoms with Gasteiger partial charge in [-0.1, -0.05) is 149 Å². The molecule has 3 aromatic heterocycles. The standard InChI is InChI=1S/C41H29N2S.C12H10N.Ir/c1-28-23-33(31-15-7-3-8-16-31)40(34(24-28)32-17-9-4-10-18-32)43-38-20-12-11-19-37(38)42-41(43)36-27-44-39-22-21-30(26-35(36)39)25-29-13-5-2-6-14-29;1-10-7-8-12(13-9-10)11-5-3-2-4-6-11;/h2-24,26H,25H2,1H3;2-5,7-9H,1H3;/q2*-1;/i25D2;1D3;. The summed E-state index contributed by atoms with van der Waals surface area (Å²) in [4.78, 5) is 9.39. The van der Waals surface area contributed by atoms with Crippen LogP contribution in [0.4, 0.5) is 0 Å². The van der Waals surface area contributed by atoms with E-state index in [1.54, 1.807) is 29.5 Å². The maximum atomic E-state index is 9.08. The molecule has 1 radical (unpaired) electrons. The van der Waals surface area contributed by atoms with Crippen molar-refractivity contribution in [1.29, 1.82) is 0 Å². The van der Waals surface area contributed by atoms with Crippen molar-refractivity contribution in [1.82, 2.24) is 14.5 Å². The van der Waals surface area contributed by atoms with E-state index in [9.17, 15) is 0 Å². The Morgan fingerprint density at radius 3 is 2.00 bits per heavy atom. The molecule has 0 aliphatic heterocycles. The molecule has 0 aliphatic rings. The summed E-state index contributed by atoms with van der Waals surface area (Å²) in [7, 11) is 0. The van der Waals surface area contributed by atoms with Gasteiger partial charge in [0.25, 0.3) is 0 Å². The zero-order valence-corrected chi connectivity index (χ0v) is 34.7. The number of benzene rings is 7. The molecule has 0 aliphatic carbocycles. The minimum absolute atomic E-state index is 0.